The average molecular weight is 520 g/mol. The van der Waals surface area contributed by atoms with Crippen molar-refractivity contribution in [1.29, 1.82) is 0 Å². The van der Waals surface area contributed by atoms with Crippen LogP contribution in [0, 0.1) is 6.92 Å². The third-order valence-electron chi connectivity index (χ3n) is 5.92. The van der Waals surface area contributed by atoms with E-state index in [2.05, 4.69) is 9.71 Å². The molecule has 1 aliphatic carbocycles. The molecule has 1 unspecified atom stereocenters. The predicted octanol–water partition coefficient (Wildman–Crippen LogP) is 5.00. The van der Waals surface area contributed by atoms with Crippen molar-refractivity contribution in [3.05, 3.63) is 59.1 Å². The first-order valence-corrected chi connectivity index (χ1v) is 13.9. The maximum absolute atomic E-state index is 13.3. The molecule has 2 aliphatic rings. The van der Waals surface area contributed by atoms with Crippen LogP contribution >= 0.6 is 23.4 Å². The molecule has 34 heavy (non-hydrogen) atoms. The number of nitrogens with zero attached hydrogens (tertiary/aromatic N) is 2. The van der Waals surface area contributed by atoms with E-state index in [0.29, 0.717) is 10.7 Å². The topological polar surface area (TPSA) is 95.9 Å². The van der Waals surface area contributed by atoms with E-state index < -0.39 is 15.3 Å². The standard InChI is InChI=1S/C24H26ClN3O4S2/c1-16-7-13-20(14-8-16)34(31,32)27-24-28(19-5-3-2-4-6-19)23(30)21(33-24)15-22(29)26-18-11-9-17(25)10-12-18/h7-14,19,21H,2-6,15H2,1H3,(H,26,29). The molecule has 0 bridgehead atoms. The van der Waals surface area contributed by atoms with Crippen molar-refractivity contribution in [2.24, 2.45) is 4.40 Å². The number of benzene rings is 2. The van der Waals surface area contributed by atoms with Gasteiger partial charge >= 0.3 is 0 Å². The van der Waals surface area contributed by atoms with Crippen LogP contribution in [0.3, 0.4) is 0 Å². The summed E-state index contributed by atoms with van der Waals surface area (Å²) in [6, 6.07) is 13.0. The molecule has 180 valence electrons. The number of rotatable bonds is 6. The number of amidine groups is 1. The summed E-state index contributed by atoms with van der Waals surface area (Å²) in [6.07, 6.45) is 4.53. The lowest BCUT2D eigenvalue weighted by molar-refractivity contribution is -0.130. The minimum atomic E-state index is -4.00. The molecule has 2 fully saturated rings. The Morgan fingerprint density at radius 1 is 1.09 bits per heavy atom. The number of hydrogen-bond donors (Lipinski definition) is 1. The van der Waals surface area contributed by atoms with Gasteiger partial charge in [-0.3, -0.25) is 14.5 Å². The van der Waals surface area contributed by atoms with E-state index in [-0.39, 0.29) is 34.3 Å². The fourth-order valence-electron chi connectivity index (χ4n) is 4.13. The van der Waals surface area contributed by atoms with Crippen molar-refractivity contribution in [1.82, 2.24) is 4.90 Å². The molecule has 0 spiro atoms. The van der Waals surface area contributed by atoms with Crippen LogP contribution in [0.1, 0.15) is 44.1 Å². The number of carbonyl (C=O) groups excluding carboxylic acids is 2. The predicted molar refractivity (Wildman–Crippen MR) is 136 cm³/mol. The third-order valence-corrected chi connectivity index (χ3v) is 8.72. The van der Waals surface area contributed by atoms with Crippen molar-refractivity contribution in [3.8, 4) is 0 Å². The molecule has 1 atom stereocenters. The summed E-state index contributed by atoms with van der Waals surface area (Å²) in [5, 5.41) is 2.74. The van der Waals surface area contributed by atoms with Gasteiger partial charge in [0.1, 0.15) is 5.25 Å². The highest BCUT2D eigenvalue weighted by Crippen LogP contribution is 2.36. The van der Waals surface area contributed by atoms with Gasteiger partial charge in [0.25, 0.3) is 10.0 Å². The lowest BCUT2D eigenvalue weighted by Crippen LogP contribution is -2.42. The average Bonchev–Trinajstić information content (AvgIpc) is 3.10. The van der Waals surface area contributed by atoms with Crippen molar-refractivity contribution >= 4 is 56.1 Å². The van der Waals surface area contributed by atoms with Crippen LogP contribution < -0.4 is 5.32 Å². The molecule has 2 aromatic carbocycles. The molecule has 2 amide bonds. The van der Waals surface area contributed by atoms with Gasteiger partial charge in [-0.05, 0) is 56.2 Å². The van der Waals surface area contributed by atoms with Gasteiger partial charge in [0, 0.05) is 23.2 Å². The zero-order valence-corrected chi connectivity index (χ0v) is 21.1. The lowest BCUT2D eigenvalue weighted by atomic mass is 9.94. The maximum atomic E-state index is 13.3. The van der Waals surface area contributed by atoms with Gasteiger partial charge in [0.2, 0.25) is 11.8 Å². The normalized spacial score (nSPS) is 20.6. The van der Waals surface area contributed by atoms with Crippen LogP contribution in [-0.4, -0.2) is 41.6 Å². The molecule has 4 rings (SSSR count). The Kier molecular flexibility index (Phi) is 7.64. The zero-order valence-electron chi connectivity index (χ0n) is 18.7. The number of amides is 2. The summed E-state index contributed by atoms with van der Waals surface area (Å²) in [5.41, 5.74) is 1.51. The van der Waals surface area contributed by atoms with Crippen LogP contribution in [0.4, 0.5) is 5.69 Å². The van der Waals surface area contributed by atoms with Crippen molar-refractivity contribution in [2.75, 3.05) is 5.32 Å². The van der Waals surface area contributed by atoms with E-state index in [1.807, 2.05) is 6.92 Å². The summed E-state index contributed by atoms with van der Waals surface area (Å²) in [4.78, 5) is 27.6. The lowest BCUT2D eigenvalue weighted by Gasteiger charge is -2.30. The highest BCUT2D eigenvalue weighted by atomic mass is 35.5. The number of nitrogens with one attached hydrogen (secondary N) is 1. The minimum Gasteiger partial charge on any atom is -0.326 e. The SMILES string of the molecule is Cc1ccc(S(=O)(=O)N=C2SC(CC(=O)Nc3ccc(Cl)cc3)C(=O)N2C2CCCCC2)cc1. The summed E-state index contributed by atoms with van der Waals surface area (Å²) in [5.74, 6) is -0.597. The number of thioether (sulfide) groups is 1. The second-order valence-corrected chi connectivity index (χ2v) is 11.7. The molecule has 1 aliphatic heterocycles. The number of hydrogen-bond acceptors (Lipinski definition) is 5. The first-order chi connectivity index (χ1) is 16.2. The number of carbonyl (C=O) groups is 2. The molecule has 1 saturated carbocycles. The van der Waals surface area contributed by atoms with Gasteiger partial charge in [-0.25, -0.2) is 0 Å². The second-order valence-electron chi connectivity index (χ2n) is 8.53. The number of anilines is 1. The van der Waals surface area contributed by atoms with Crippen LogP contribution in [0.2, 0.25) is 5.02 Å². The fourth-order valence-corrected chi connectivity index (χ4v) is 6.66. The Balaban J connectivity index is 1.57. The number of sulfonamides is 1. The van der Waals surface area contributed by atoms with Gasteiger partial charge in [-0.1, -0.05) is 60.3 Å². The summed E-state index contributed by atoms with van der Waals surface area (Å²) < 4.78 is 30.1. The van der Waals surface area contributed by atoms with Crippen molar-refractivity contribution in [3.63, 3.8) is 0 Å². The Labute approximate surface area is 209 Å². The van der Waals surface area contributed by atoms with E-state index >= 15 is 0 Å². The van der Waals surface area contributed by atoms with E-state index in [0.717, 1.165) is 49.4 Å². The van der Waals surface area contributed by atoms with Gasteiger partial charge in [-0.2, -0.15) is 8.42 Å². The fraction of sp³-hybridized carbons (Fsp3) is 0.375. The zero-order chi connectivity index (χ0) is 24.3. The van der Waals surface area contributed by atoms with Crippen LogP contribution in [0.25, 0.3) is 0 Å². The first kappa shape index (κ1) is 24.8. The van der Waals surface area contributed by atoms with Gasteiger partial charge in [0.05, 0.1) is 4.90 Å². The van der Waals surface area contributed by atoms with E-state index in [1.165, 1.54) is 17.0 Å². The van der Waals surface area contributed by atoms with Crippen LogP contribution in [-0.2, 0) is 19.6 Å². The Morgan fingerprint density at radius 3 is 2.38 bits per heavy atom. The van der Waals surface area contributed by atoms with E-state index in [4.69, 9.17) is 11.6 Å². The second kappa shape index (κ2) is 10.5. The summed E-state index contributed by atoms with van der Waals surface area (Å²) >= 11 is 6.94. The Bertz CT molecular complexity index is 1190. The maximum Gasteiger partial charge on any atom is 0.284 e. The molecule has 1 heterocycles. The Morgan fingerprint density at radius 2 is 1.74 bits per heavy atom. The molecular weight excluding hydrogens is 494 g/mol. The molecule has 0 aromatic heterocycles. The largest absolute Gasteiger partial charge is 0.326 e. The molecule has 10 heteroatoms. The van der Waals surface area contributed by atoms with Gasteiger partial charge in [-0.15, -0.1) is 4.40 Å². The molecule has 1 N–H and O–H groups in total. The monoisotopic (exact) mass is 519 g/mol. The van der Waals surface area contributed by atoms with Gasteiger partial charge < -0.3 is 5.32 Å². The highest BCUT2D eigenvalue weighted by Gasteiger charge is 2.43. The van der Waals surface area contributed by atoms with Crippen LogP contribution in [0.5, 0.6) is 0 Å². The minimum absolute atomic E-state index is 0.0752. The smallest absolute Gasteiger partial charge is 0.284 e. The molecule has 7 nitrogen and oxygen atoms in total. The molecule has 1 saturated heterocycles. The summed E-state index contributed by atoms with van der Waals surface area (Å²) in [7, 11) is -4.00. The van der Waals surface area contributed by atoms with Crippen molar-refractivity contribution in [2.45, 2.75) is 61.6 Å². The third kappa shape index (κ3) is 5.82. The number of aryl methyl sites for hydroxylation is 1. The van der Waals surface area contributed by atoms with E-state index in [9.17, 15) is 18.0 Å². The molecule has 0 radical (unpaired) electrons. The Hall–Kier alpha value is -2.36. The van der Waals surface area contributed by atoms with Crippen molar-refractivity contribution < 1.29 is 18.0 Å². The van der Waals surface area contributed by atoms with Crippen LogP contribution in [0.15, 0.2) is 57.8 Å². The molecule has 2 aromatic rings. The summed E-state index contributed by atoms with van der Waals surface area (Å²) in [6.45, 7) is 1.87. The number of halogens is 1. The molecular formula is C24H26ClN3O4S2. The first-order valence-electron chi connectivity index (χ1n) is 11.2. The quantitative estimate of drug-likeness (QED) is 0.579. The highest BCUT2D eigenvalue weighted by molar-refractivity contribution is 8.16. The van der Waals surface area contributed by atoms with E-state index in [1.54, 1.807) is 36.4 Å². The van der Waals surface area contributed by atoms with Gasteiger partial charge in [0.15, 0.2) is 5.17 Å².